The zero-order valence-corrected chi connectivity index (χ0v) is 17.4. The van der Waals surface area contributed by atoms with Gasteiger partial charge in [0.05, 0.1) is 19.4 Å². The molecule has 0 radical (unpaired) electrons. The van der Waals surface area contributed by atoms with E-state index in [0.29, 0.717) is 18.0 Å². The summed E-state index contributed by atoms with van der Waals surface area (Å²) >= 11 is 0. The molecule has 0 spiro atoms. The fourth-order valence-corrected chi connectivity index (χ4v) is 2.60. The number of rotatable bonds is 8. The monoisotopic (exact) mass is 388 g/mol. The van der Waals surface area contributed by atoms with Gasteiger partial charge in [0.1, 0.15) is 0 Å². The second kappa shape index (κ2) is 10.9. The number of nitrogens with zero attached hydrogens (tertiary/aromatic N) is 2. The van der Waals surface area contributed by atoms with Gasteiger partial charge in [-0.2, -0.15) is 0 Å². The number of methoxy groups -OCH3 is 1. The minimum Gasteiger partial charge on any atom is -0.481 e. The average molecular weight is 389 g/mol. The average Bonchev–Trinajstić information content (AvgIpc) is 2.98. The lowest BCUT2D eigenvalue weighted by atomic mass is 10.0. The van der Waals surface area contributed by atoms with Crippen LogP contribution in [0.15, 0.2) is 100 Å². The quantitative estimate of drug-likeness (QED) is 0.468. The van der Waals surface area contributed by atoms with Crippen LogP contribution in [-0.2, 0) is 11.3 Å². The molecule has 0 unspecified atom stereocenters. The summed E-state index contributed by atoms with van der Waals surface area (Å²) in [5.74, 6) is 0.585. The van der Waals surface area contributed by atoms with Gasteiger partial charge in [-0.25, -0.2) is 4.99 Å². The first-order valence-corrected chi connectivity index (χ1v) is 9.41. The molecule has 4 nitrogen and oxygen atoms in total. The molecule has 0 aromatic heterocycles. The second-order valence-electron chi connectivity index (χ2n) is 6.72. The highest BCUT2D eigenvalue weighted by Crippen LogP contribution is 2.18. The van der Waals surface area contributed by atoms with Crippen LogP contribution in [0.1, 0.15) is 31.4 Å². The minimum absolute atomic E-state index is 0.0310. The van der Waals surface area contributed by atoms with Crippen molar-refractivity contribution in [1.82, 2.24) is 0 Å². The van der Waals surface area contributed by atoms with Crippen molar-refractivity contribution in [1.29, 1.82) is 0 Å². The lowest BCUT2D eigenvalue weighted by molar-refractivity contribution is 0.282. The molecule has 0 fully saturated rings. The predicted molar refractivity (Wildman–Crippen MR) is 123 cm³/mol. The van der Waals surface area contributed by atoms with Gasteiger partial charge in [0.15, 0.2) is 0 Å². The van der Waals surface area contributed by atoms with Gasteiger partial charge in [-0.3, -0.25) is 4.99 Å². The van der Waals surface area contributed by atoms with E-state index in [1.165, 1.54) is 0 Å². The van der Waals surface area contributed by atoms with Crippen LogP contribution in [0.2, 0.25) is 0 Å². The van der Waals surface area contributed by atoms with Crippen molar-refractivity contribution >= 4 is 18.0 Å². The Hall–Kier alpha value is -3.24. The third-order valence-electron chi connectivity index (χ3n) is 4.43. The van der Waals surface area contributed by atoms with E-state index in [1.807, 2.05) is 62.4 Å². The van der Waals surface area contributed by atoms with Crippen molar-refractivity contribution in [2.24, 2.45) is 9.98 Å². The molecule has 150 valence electrons. The molecule has 0 atom stereocenters. The molecule has 1 aliphatic heterocycles. The zero-order chi connectivity index (χ0) is 21.2. The Morgan fingerprint density at radius 2 is 2.03 bits per heavy atom. The lowest BCUT2D eigenvalue weighted by Crippen LogP contribution is -1.92. The molecule has 1 aliphatic rings. The third-order valence-corrected chi connectivity index (χ3v) is 4.43. The Labute approximate surface area is 173 Å². The van der Waals surface area contributed by atoms with E-state index in [0.717, 1.165) is 33.4 Å². The first kappa shape index (κ1) is 22.1. The highest BCUT2D eigenvalue weighted by molar-refractivity contribution is 5.90. The van der Waals surface area contributed by atoms with Crippen LogP contribution in [0.25, 0.3) is 5.57 Å². The van der Waals surface area contributed by atoms with Crippen LogP contribution in [0.5, 0.6) is 0 Å². The van der Waals surface area contributed by atoms with Gasteiger partial charge < -0.3 is 9.84 Å². The summed E-state index contributed by atoms with van der Waals surface area (Å²) in [6, 6.07) is 7.85. The molecule has 1 aromatic carbocycles. The van der Waals surface area contributed by atoms with E-state index in [9.17, 15) is 5.11 Å². The van der Waals surface area contributed by atoms with E-state index in [4.69, 9.17) is 4.74 Å². The van der Waals surface area contributed by atoms with Gasteiger partial charge >= 0.3 is 0 Å². The van der Waals surface area contributed by atoms with Gasteiger partial charge in [-0.05, 0) is 60.3 Å². The molecule has 1 heterocycles. The number of aliphatic hydroxyl groups excluding tert-OH is 1. The molecule has 0 bridgehead atoms. The van der Waals surface area contributed by atoms with Crippen molar-refractivity contribution in [2.45, 2.75) is 26.9 Å². The van der Waals surface area contributed by atoms with Crippen LogP contribution in [0, 0.1) is 0 Å². The summed E-state index contributed by atoms with van der Waals surface area (Å²) in [6.45, 7) is 12.1. The molecule has 1 N–H and O–H groups in total. The van der Waals surface area contributed by atoms with Gasteiger partial charge in [0.25, 0.3) is 0 Å². The first-order chi connectivity index (χ1) is 13.9. The number of benzene rings is 1. The van der Waals surface area contributed by atoms with Crippen LogP contribution in [0.4, 0.5) is 0 Å². The fraction of sp³-hybridized carbons (Fsp3) is 0.200. The number of hydrogen-bond donors (Lipinski definition) is 1. The topological polar surface area (TPSA) is 54.2 Å². The number of allylic oxidation sites excluding steroid dienone is 8. The highest BCUT2D eigenvalue weighted by Gasteiger charge is 2.03. The van der Waals surface area contributed by atoms with Crippen molar-refractivity contribution < 1.29 is 9.84 Å². The largest absolute Gasteiger partial charge is 0.481 e. The highest BCUT2D eigenvalue weighted by atomic mass is 16.5. The van der Waals surface area contributed by atoms with Gasteiger partial charge in [0.2, 0.25) is 5.88 Å². The van der Waals surface area contributed by atoms with E-state index < -0.39 is 0 Å². The van der Waals surface area contributed by atoms with Crippen molar-refractivity contribution in [2.75, 3.05) is 7.11 Å². The van der Waals surface area contributed by atoms with E-state index >= 15 is 0 Å². The maximum atomic E-state index is 9.32. The zero-order valence-electron chi connectivity index (χ0n) is 17.4. The molecule has 0 amide bonds. The number of hydrogen-bond acceptors (Lipinski definition) is 4. The van der Waals surface area contributed by atoms with Crippen molar-refractivity contribution in [3.8, 4) is 0 Å². The summed E-state index contributed by atoms with van der Waals surface area (Å²) in [5.41, 5.74) is 6.34. The molecule has 0 aliphatic carbocycles. The molecular weight excluding hydrogens is 360 g/mol. The normalized spacial score (nSPS) is 15.0. The van der Waals surface area contributed by atoms with Gasteiger partial charge in [0, 0.05) is 18.0 Å². The maximum Gasteiger partial charge on any atom is 0.209 e. The second-order valence-corrected chi connectivity index (χ2v) is 6.72. The van der Waals surface area contributed by atoms with Crippen molar-refractivity contribution in [3.63, 3.8) is 0 Å². The first-order valence-electron chi connectivity index (χ1n) is 9.41. The number of aliphatic imine (C=N–C) groups is 2. The van der Waals surface area contributed by atoms with Gasteiger partial charge in [-0.1, -0.05) is 49.6 Å². The lowest BCUT2D eigenvalue weighted by Gasteiger charge is -2.05. The van der Waals surface area contributed by atoms with E-state index in [2.05, 4.69) is 23.1 Å². The predicted octanol–water partition coefficient (Wildman–Crippen LogP) is 5.56. The Morgan fingerprint density at radius 1 is 1.24 bits per heavy atom. The van der Waals surface area contributed by atoms with Crippen molar-refractivity contribution in [3.05, 3.63) is 101 Å². The summed E-state index contributed by atoms with van der Waals surface area (Å²) in [7, 11) is 1.60. The molecular formula is C25H28N2O2. The Kier molecular flexibility index (Phi) is 8.31. The number of ether oxygens (including phenoxy) is 1. The van der Waals surface area contributed by atoms with Crippen LogP contribution in [0.3, 0.4) is 0 Å². The molecule has 0 saturated carbocycles. The summed E-state index contributed by atoms with van der Waals surface area (Å²) in [6.07, 6.45) is 12.1. The summed E-state index contributed by atoms with van der Waals surface area (Å²) in [5, 5.41) is 9.32. The molecule has 0 saturated heterocycles. The summed E-state index contributed by atoms with van der Waals surface area (Å²) < 4.78 is 5.15. The smallest absolute Gasteiger partial charge is 0.209 e. The maximum absolute atomic E-state index is 9.32. The van der Waals surface area contributed by atoms with Crippen LogP contribution >= 0.6 is 0 Å². The summed E-state index contributed by atoms with van der Waals surface area (Å²) in [4.78, 5) is 8.77. The Bertz CT molecular complexity index is 957. The number of aliphatic hydroxyl groups is 1. The minimum atomic E-state index is 0.0310. The van der Waals surface area contributed by atoms with E-state index in [1.54, 1.807) is 19.5 Å². The standard InChI is InChI=1S/C25H28N2O2/c1-18(2)23(13-12-19(3)22-9-6-8-21(14-22)17-28)15-26-20(4)24-10-7-11-25(29-5)27-16-24/h6,8-16,28H,1,4,7,17H2,2-3,5H3/b19-12+,23-13-,26-15-. The van der Waals surface area contributed by atoms with E-state index in [-0.39, 0.29) is 6.61 Å². The molecule has 2 rings (SSSR count). The molecule has 29 heavy (non-hydrogen) atoms. The molecule has 4 heteroatoms. The Morgan fingerprint density at radius 3 is 2.72 bits per heavy atom. The SMILES string of the molecule is C=C(\N=C/C(=C/C=C(\C)c1cccc(CO)c1)C(=C)C)C1=CCC=C(OC)N=C1. The Balaban J connectivity index is 2.17. The molecule has 1 aromatic rings. The third kappa shape index (κ3) is 6.70. The van der Waals surface area contributed by atoms with Crippen LogP contribution in [-0.4, -0.2) is 24.6 Å². The fourth-order valence-electron chi connectivity index (χ4n) is 2.60. The van der Waals surface area contributed by atoms with Gasteiger partial charge in [-0.15, -0.1) is 0 Å². The van der Waals surface area contributed by atoms with Crippen LogP contribution < -0.4 is 0 Å².